The van der Waals surface area contributed by atoms with Crippen LogP contribution >= 0.6 is 0 Å². The van der Waals surface area contributed by atoms with E-state index in [2.05, 4.69) is 10.0 Å². The van der Waals surface area contributed by atoms with Gasteiger partial charge in [-0.15, -0.1) is 0 Å². The van der Waals surface area contributed by atoms with Gasteiger partial charge in [0.05, 0.1) is 0 Å². The third-order valence-electron chi connectivity index (χ3n) is 3.59. The maximum atomic E-state index is 11.9. The first kappa shape index (κ1) is 10.0. The highest BCUT2D eigenvalue weighted by molar-refractivity contribution is 7.87. The summed E-state index contributed by atoms with van der Waals surface area (Å²) in [6, 6.07) is 0.216. The molecule has 2 saturated heterocycles. The Labute approximate surface area is 90.4 Å². The lowest BCUT2D eigenvalue weighted by Crippen LogP contribution is -2.41. The number of fused-ring (bicyclic) bond motifs is 1. The predicted octanol–water partition coefficient (Wildman–Crippen LogP) is -0.866. The van der Waals surface area contributed by atoms with Crippen LogP contribution in [0.5, 0.6) is 0 Å². The summed E-state index contributed by atoms with van der Waals surface area (Å²) in [6.07, 6.45) is 2.00. The van der Waals surface area contributed by atoms with Gasteiger partial charge in [-0.05, 0) is 37.8 Å². The third kappa shape index (κ3) is 1.91. The van der Waals surface area contributed by atoms with Gasteiger partial charge < -0.3 is 5.32 Å². The minimum Gasteiger partial charge on any atom is -0.316 e. The Morgan fingerprint density at radius 3 is 2.27 bits per heavy atom. The van der Waals surface area contributed by atoms with E-state index in [1.165, 1.54) is 0 Å². The molecule has 0 aromatic heterocycles. The molecular weight excluding hydrogens is 214 g/mol. The highest BCUT2D eigenvalue weighted by atomic mass is 32.2. The van der Waals surface area contributed by atoms with E-state index >= 15 is 0 Å². The molecule has 3 fully saturated rings. The highest BCUT2D eigenvalue weighted by Crippen LogP contribution is 2.29. The minimum atomic E-state index is -3.18. The van der Waals surface area contributed by atoms with Crippen molar-refractivity contribution in [3.8, 4) is 0 Å². The van der Waals surface area contributed by atoms with Gasteiger partial charge in [0.15, 0.2) is 0 Å². The van der Waals surface area contributed by atoms with Crippen LogP contribution in [0.3, 0.4) is 0 Å². The molecule has 2 N–H and O–H groups in total. The summed E-state index contributed by atoms with van der Waals surface area (Å²) < 4.78 is 28.2. The Morgan fingerprint density at radius 1 is 1.13 bits per heavy atom. The average molecular weight is 231 g/mol. The van der Waals surface area contributed by atoms with Crippen molar-refractivity contribution in [1.29, 1.82) is 0 Å². The fourth-order valence-corrected chi connectivity index (χ4v) is 4.08. The van der Waals surface area contributed by atoms with E-state index in [4.69, 9.17) is 0 Å². The highest BCUT2D eigenvalue weighted by Gasteiger charge is 2.42. The SMILES string of the molecule is O=S(=O)(NC1CC1)N1CC2CNCC2C1. The topological polar surface area (TPSA) is 61.4 Å². The molecule has 2 unspecified atom stereocenters. The van der Waals surface area contributed by atoms with Gasteiger partial charge >= 0.3 is 0 Å². The summed E-state index contributed by atoms with van der Waals surface area (Å²) in [5.41, 5.74) is 0. The standard InChI is InChI=1S/C9H17N3O2S/c13-15(14,11-9-1-2-9)12-5-7-3-10-4-8(7)6-12/h7-11H,1-6H2. The monoisotopic (exact) mass is 231 g/mol. The maximum Gasteiger partial charge on any atom is 0.279 e. The van der Waals surface area contributed by atoms with Crippen LogP contribution in [-0.2, 0) is 10.2 Å². The quantitative estimate of drug-likeness (QED) is 0.664. The van der Waals surface area contributed by atoms with E-state index in [0.717, 1.165) is 25.9 Å². The van der Waals surface area contributed by atoms with Crippen LogP contribution < -0.4 is 10.0 Å². The third-order valence-corrected chi connectivity index (χ3v) is 5.20. The molecule has 2 aliphatic heterocycles. The summed E-state index contributed by atoms with van der Waals surface area (Å²) in [7, 11) is -3.18. The lowest BCUT2D eigenvalue weighted by molar-refractivity contribution is 0.438. The Kier molecular flexibility index (Phi) is 2.28. The van der Waals surface area contributed by atoms with Crippen LogP contribution in [0.1, 0.15) is 12.8 Å². The zero-order valence-corrected chi connectivity index (χ0v) is 9.46. The molecule has 1 saturated carbocycles. The Bertz CT molecular complexity index is 340. The normalized spacial score (nSPS) is 37.1. The van der Waals surface area contributed by atoms with Crippen molar-refractivity contribution in [3.63, 3.8) is 0 Å². The summed E-state index contributed by atoms with van der Waals surface area (Å²) in [6.45, 7) is 3.33. The first-order valence-electron chi connectivity index (χ1n) is 5.63. The molecule has 1 aliphatic carbocycles. The maximum absolute atomic E-state index is 11.9. The fourth-order valence-electron chi connectivity index (χ4n) is 2.49. The average Bonchev–Trinajstić information content (AvgIpc) is 2.72. The van der Waals surface area contributed by atoms with Gasteiger partial charge in [0, 0.05) is 19.1 Å². The zero-order valence-electron chi connectivity index (χ0n) is 8.65. The van der Waals surface area contributed by atoms with E-state index in [1.54, 1.807) is 4.31 Å². The second-order valence-corrected chi connectivity index (χ2v) is 6.59. The molecule has 0 aromatic carbocycles. The molecule has 3 rings (SSSR count). The second-order valence-electron chi connectivity index (χ2n) is 4.89. The summed E-state index contributed by atoms with van der Waals surface area (Å²) in [5, 5.41) is 3.31. The van der Waals surface area contributed by atoms with Crippen molar-refractivity contribution in [2.24, 2.45) is 11.8 Å². The van der Waals surface area contributed by atoms with E-state index in [0.29, 0.717) is 24.9 Å². The van der Waals surface area contributed by atoms with Gasteiger partial charge in [0.1, 0.15) is 0 Å². The van der Waals surface area contributed by atoms with Crippen molar-refractivity contribution in [1.82, 2.24) is 14.3 Å². The van der Waals surface area contributed by atoms with E-state index in [1.807, 2.05) is 0 Å². The Hall–Kier alpha value is -0.170. The molecule has 0 spiro atoms. The van der Waals surface area contributed by atoms with Crippen LogP contribution in [-0.4, -0.2) is 44.9 Å². The molecule has 3 aliphatic rings. The van der Waals surface area contributed by atoms with Crippen molar-refractivity contribution in [2.75, 3.05) is 26.2 Å². The van der Waals surface area contributed by atoms with E-state index in [-0.39, 0.29) is 6.04 Å². The summed E-state index contributed by atoms with van der Waals surface area (Å²) in [5.74, 6) is 1.06. The van der Waals surface area contributed by atoms with Crippen LogP contribution in [0, 0.1) is 11.8 Å². The molecule has 2 atom stereocenters. The number of nitrogens with one attached hydrogen (secondary N) is 2. The Balaban J connectivity index is 1.67. The van der Waals surface area contributed by atoms with Gasteiger partial charge in [-0.1, -0.05) is 0 Å². The van der Waals surface area contributed by atoms with E-state index < -0.39 is 10.2 Å². The van der Waals surface area contributed by atoms with Crippen molar-refractivity contribution >= 4 is 10.2 Å². The molecular formula is C9H17N3O2S. The number of hydrogen-bond acceptors (Lipinski definition) is 3. The molecule has 0 radical (unpaired) electrons. The van der Waals surface area contributed by atoms with Gasteiger partial charge in [0.25, 0.3) is 10.2 Å². The molecule has 0 bridgehead atoms. The lowest BCUT2D eigenvalue weighted by Gasteiger charge is -2.17. The van der Waals surface area contributed by atoms with Gasteiger partial charge in [-0.2, -0.15) is 17.4 Å². The van der Waals surface area contributed by atoms with Gasteiger partial charge in [-0.3, -0.25) is 0 Å². The summed E-state index contributed by atoms with van der Waals surface area (Å²) >= 11 is 0. The zero-order chi connectivity index (χ0) is 10.5. The number of rotatable bonds is 3. The second kappa shape index (κ2) is 3.41. The molecule has 6 heteroatoms. The molecule has 0 aromatic rings. The minimum absolute atomic E-state index is 0.216. The molecule has 0 amide bonds. The van der Waals surface area contributed by atoms with Crippen molar-refractivity contribution in [3.05, 3.63) is 0 Å². The molecule has 15 heavy (non-hydrogen) atoms. The number of nitrogens with zero attached hydrogens (tertiary/aromatic N) is 1. The van der Waals surface area contributed by atoms with E-state index in [9.17, 15) is 8.42 Å². The first-order valence-corrected chi connectivity index (χ1v) is 7.07. The molecule has 5 nitrogen and oxygen atoms in total. The van der Waals surface area contributed by atoms with Crippen LogP contribution in [0.15, 0.2) is 0 Å². The predicted molar refractivity (Wildman–Crippen MR) is 56.5 cm³/mol. The van der Waals surface area contributed by atoms with Crippen molar-refractivity contribution < 1.29 is 8.42 Å². The van der Waals surface area contributed by atoms with Crippen LogP contribution in [0.4, 0.5) is 0 Å². The lowest BCUT2D eigenvalue weighted by atomic mass is 10.0. The van der Waals surface area contributed by atoms with Crippen molar-refractivity contribution in [2.45, 2.75) is 18.9 Å². The summed E-state index contributed by atoms with van der Waals surface area (Å²) in [4.78, 5) is 0. The molecule has 86 valence electrons. The molecule has 2 heterocycles. The fraction of sp³-hybridized carbons (Fsp3) is 1.00. The first-order chi connectivity index (χ1) is 7.15. The largest absolute Gasteiger partial charge is 0.316 e. The Morgan fingerprint density at radius 2 is 1.73 bits per heavy atom. The van der Waals surface area contributed by atoms with Crippen LogP contribution in [0.25, 0.3) is 0 Å². The van der Waals surface area contributed by atoms with Gasteiger partial charge in [0.2, 0.25) is 0 Å². The number of hydrogen-bond donors (Lipinski definition) is 2. The smallest absolute Gasteiger partial charge is 0.279 e. The van der Waals surface area contributed by atoms with Crippen LogP contribution in [0.2, 0.25) is 0 Å². The van der Waals surface area contributed by atoms with Gasteiger partial charge in [-0.25, -0.2) is 0 Å².